The Kier molecular flexibility index (Phi) is 5.05. The van der Waals surface area contributed by atoms with Crippen molar-refractivity contribution in [2.75, 3.05) is 16.8 Å². The third-order valence-corrected chi connectivity index (χ3v) is 6.25. The fraction of sp³-hybridized carbons (Fsp3) is 0.273. The first-order chi connectivity index (χ1) is 16.0. The number of carbonyl (C=O) groups excluding carboxylic acids is 2. The minimum Gasteiger partial charge on any atom is -0.355 e. The van der Waals surface area contributed by atoms with Gasteiger partial charge in [0.05, 0.1) is 28.4 Å². The molecule has 1 saturated carbocycles. The second-order valence-corrected chi connectivity index (χ2v) is 8.02. The normalized spacial score (nSPS) is 17.6. The summed E-state index contributed by atoms with van der Waals surface area (Å²) in [6.07, 6.45) is -3.66. The van der Waals surface area contributed by atoms with Gasteiger partial charge in [0.1, 0.15) is 11.4 Å². The molecular weight excluding hydrogens is 460 g/mol. The van der Waals surface area contributed by atoms with Gasteiger partial charge < -0.3 is 10.2 Å². The SMILES string of the molecule is [2H]CNC(=O)c1ccc(N2C(=S)N(c3ccc(C#N)cc3C(F)(F)F)C(=O)C23CCC3)cc1F. The van der Waals surface area contributed by atoms with Crippen molar-refractivity contribution in [1.82, 2.24) is 5.32 Å². The molecule has 2 aliphatic rings. The first-order valence-corrected chi connectivity index (χ1v) is 10.1. The predicted octanol–water partition coefficient (Wildman–Crippen LogP) is 4.14. The van der Waals surface area contributed by atoms with Crippen LogP contribution in [-0.2, 0) is 11.0 Å². The molecule has 2 aromatic carbocycles. The average Bonchev–Trinajstić information content (AvgIpc) is 2.99. The van der Waals surface area contributed by atoms with Gasteiger partial charge in [-0.1, -0.05) is 0 Å². The molecule has 6 nitrogen and oxygen atoms in total. The van der Waals surface area contributed by atoms with E-state index in [1.807, 2.05) is 0 Å². The first kappa shape index (κ1) is 21.3. The molecule has 1 aliphatic carbocycles. The number of benzene rings is 2. The van der Waals surface area contributed by atoms with E-state index in [4.69, 9.17) is 18.9 Å². The molecule has 11 heteroatoms. The quantitative estimate of drug-likeness (QED) is 0.531. The monoisotopic (exact) mass is 477 g/mol. The number of hydrogen-bond acceptors (Lipinski definition) is 4. The van der Waals surface area contributed by atoms with E-state index in [1.165, 1.54) is 17.0 Å². The average molecular weight is 477 g/mol. The molecule has 33 heavy (non-hydrogen) atoms. The minimum absolute atomic E-state index is 0.114. The number of rotatable bonds is 3. The number of carbonyl (C=O) groups is 2. The molecule has 1 spiro atoms. The van der Waals surface area contributed by atoms with Crippen molar-refractivity contribution >= 4 is 40.5 Å². The predicted molar refractivity (Wildman–Crippen MR) is 115 cm³/mol. The topological polar surface area (TPSA) is 76.4 Å². The highest BCUT2D eigenvalue weighted by molar-refractivity contribution is 7.81. The molecular formula is C22H16F4N4O2S. The van der Waals surface area contributed by atoms with Crippen LogP contribution in [-0.4, -0.2) is 29.5 Å². The summed E-state index contributed by atoms with van der Waals surface area (Å²) in [4.78, 5) is 27.5. The lowest BCUT2D eigenvalue weighted by molar-refractivity contribution is -0.137. The molecule has 0 atom stereocenters. The van der Waals surface area contributed by atoms with Gasteiger partial charge in [0.25, 0.3) is 11.8 Å². The van der Waals surface area contributed by atoms with Crippen LogP contribution in [0.5, 0.6) is 0 Å². The van der Waals surface area contributed by atoms with E-state index in [-0.39, 0.29) is 21.9 Å². The molecule has 170 valence electrons. The van der Waals surface area contributed by atoms with E-state index in [1.54, 1.807) is 6.07 Å². The van der Waals surface area contributed by atoms with E-state index >= 15 is 0 Å². The maximum atomic E-state index is 14.7. The van der Waals surface area contributed by atoms with Crippen LogP contribution < -0.4 is 15.1 Å². The highest BCUT2D eigenvalue weighted by Gasteiger charge is 2.60. The van der Waals surface area contributed by atoms with Crippen molar-refractivity contribution in [2.45, 2.75) is 31.0 Å². The van der Waals surface area contributed by atoms with Crippen molar-refractivity contribution in [2.24, 2.45) is 0 Å². The third-order valence-electron chi connectivity index (χ3n) is 5.88. The number of amides is 2. The van der Waals surface area contributed by atoms with Crippen LogP contribution in [0.3, 0.4) is 0 Å². The smallest absolute Gasteiger partial charge is 0.355 e. The summed E-state index contributed by atoms with van der Waals surface area (Å²) >= 11 is 5.44. The zero-order valence-corrected chi connectivity index (χ0v) is 17.7. The molecule has 2 amide bonds. The molecule has 1 heterocycles. The van der Waals surface area contributed by atoms with E-state index in [2.05, 4.69) is 5.32 Å². The van der Waals surface area contributed by atoms with Crippen LogP contribution in [0.1, 0.15) is 42.1 Å². The lowest BCUT2D eigenvalue weighted by Gasteiger charge is -2.43. The maximum Gasteiger partial charge on any atom is 0.418 e. The van der Waals surface area contributed by atoms with Crippen LogP contribution in [0, 0.1) is 17.1 Å². The Balaban J connectivity index is 1.81. The van der Waals surface area contributed by atoms with Crippen LogP contribution >= 0.6 is 12.2 Å². The van der Waals surface area contributed by atoms with Crippen molar-refractivity contribution in [3.8, 4) is 6.07 Å². The van der Waals surface area contributed by atoms with Gasteiger partial charge in [0.15, 0.2) is 5.11 Å². The molecule has 0 aromatic heterocycles. The van der Waals surface area contributed by atoms with E-state index in [0.29, 0.717) is 25.3 Å². The van der Waals surface area contributed by atoms with E-state index < -0.39 is 47.6 Å². The van der Waals surface area contributed by atoms with Gasteiger partial charge in [-0.3, -0.25) is 14.5 Å². The van der Waals surface area contributed by atoms with E-state index in [0.717, 1.165) is 23.1 Å². The zero-order chi connectivity index (χ0) is 24.8. The van der Waals surface area contributed by atoms with Crippen LogP contribution in [0.25, 0.3) is 0 Å². The van der Waals surface area contributed by atoms with Crippen molar-refractivity contribution in [1.29, 1.82) is 5.26 Å². The fourth-order valence-electron chi connectivity index (χ4n) is 4.14. The number of nitriles is 1. The lowest BCUT2D eigenvalue weighted by Crippen LogP contribution is -2.55. The standard InChI is InChI=1S/C22H16F4N4O2S/c1-28-18(31)14-5-4-13(10-16(14)23)30-20(33)29(19(32)21(30)7-2-8-21)17-6-3-12(11-27)9-15(17)22(24,25)26/h3-6,9-10H,2,7-8H2,1H3,(H,28,31)/i1D. The van der Waals surface area contributed by atoms with Crippen LogP contribution in [0.15, 0.2) is 36.4 Å². The number of halogens is 4. The summed E-state index contributed by atoms with van der Waals surface area (Å²) in [5.74, 6) is -2.40. The summed E-state index contributed by atoms with van der Waals surface area (Å²) in [5, 5.41) is 10.9. The molecule has 4 rings (SSSR count). The summed E-state index contributed by atoms with van der Waals surface area (Å²) < 4.78 is 63.2. The summed E-state index contributed by atoms with van der Waals surface area (Å²) in [7, 11) is -0.449. The Bertz CT molecular complexity index is 1260. The van der Waals surface area contributed by atoms with Gasteiger partial charge in [0, 0.05) is 14.1 Å². The van der Waals surface area contributed by atoms with E-state index in [9.17, 15) is 27.2 Å². The number of nitrogens with one attached hydrogen (secondary N) is 1. The highest BCUT2D eigenvalue weighted by Crippen LogP contribution is 2.49. The van der Waals surface area contributed by atoms with Gasteiger partial charge in [0.2, 0.25) is 0 Å². The largest absolute Gasteiger partial charge is 0.418 e. The van der Waals surface area contributed by atoms with Gasteiger partial charge in [-0.2, -0.15) is 18.4 Å². The number of anilines is 2. The van der Waals surface area contributed by atoms with Gasteiger partial charge in [-0.25, -0.2) is 4.39 Å². The Morgan fingerprint density at radius 2 is 2.00 bits per heavy atom. The molecule has 2 aromatic rings. The Hall–Kier alpha value is -3.52. The number of alkyl halides is 3. The second kappa shape index (κ2) is 7.81. The molecule has 2 fully saturated rings. The Morgan fingerprint density at radius 3 is 2.55 bits per heavy atom. The summed E-state index contributed by atoms with van der Waals surface area (Å²) in [5.41, 5.74) is -3.41. The number of hydrogen-bond donors (Lipinski definition) is 1. The number of thiocarbonyl (C=S) groups is 1. The van der Waals surface area contributed by atoms with Gasteiger partial charge in [-0.15, -0.1) is 0 Å². The Labute approximate surface area is 192 Å². The Morgan fingerprint density at radius 1 is 1.27 bits per heavy atom. The van der Waals surface area contributed by atoms with Crippen LogP contribution in [0.2, 0.25) is 0 Å². The zero-order valence-electron chi connectivity index (χ0n) is 17.9. The molecule has 0 radical (unpaired) electrons. The molecule has 1 aliphatic heterocycles. The third kappa shape index (κ3) is 3.41. The molecule has 1 N–H and O–H groups in total. The first-order valence-electron chi connectivity index (χ1n) is 10.4. The van der Waals surface area contributed by atoms with Crippen molar-refractivity contribution in [3.05, 3.63) is 58.9 Å². The second-order valence-electron chi connectivity index (χ2n) is 7.66. The fourth-order valence-corrected chi connectivity index (χ4v) is 4.60. The van der Waals surface area contributed by atoms with Crippen molar-refractivity contribution < 1.29 is 28.5 Å². The van der Waals surface area contributed by atoms with Gasteiger partial charge >= 0.3 is 6.18 Å². The minimum atomic E-state index is -4.86. The van der Waals surface area contributed by atoms with Crippen molar-refractivity contribution in [3.63, 3.8) is 0 Å². The summed E-state index contributed by atoms with van der Waals surface area (Å²) in [6, 6.07) is 8.00. The lowest BCUT2D eigenvalue weighted by atomic mass is 9.75. The molecule has 0 unspecified atom stereocenters. The van der Waals surface area contributed by atoms with Gasteiger partial charge in [-0.05, 0) is 67.9 Å². The molecule has 1 saturated heterocycles. The highest BCUT2D eigenvalue weighted by atomic mass is 32.1. The van der Waals surface area contributed by atoms with Crippen LogP contribution in [0.4, 0.5) is 28.9 Å². The summed E-state index contributed by atoms with van der Waals surface area (Å²) in [6.45, 7) is 0. The number of nitrogens with zero attached hydrogens (tertiary/aromatic N) is 3. The molecule has 0 bridgehead atoms. The maximum absolute atomic E-state index is 14.7.